The van der Waals surface area contributed by atoms with Crippen molar-refractivity contribution in [3.05, 3.63) is 24.8 Å². The number of esters is 2. The Balaban J connectivity index is 3.47. The van der Waals surface area contributed by atoms with E-state index in [1.165, 1.54) is 0 Å². The third-order valence-corrected chi connectivity index (χ3v) is 1.65. The largest absolute Gasteiger partial charge is 0.462 e. The van der Waals surface area contributed by atoms with Gasteiger partial charge in [-0.3, -0.25) is 0 Å². The molecule has 0 heterocycles. The number of carbonyl (C=O) groups excluding carboxylic acids is 2. The number of rotatable bonds is 7. The van der Waals surface area contributed by atoms with E-state index in [0.29, 0.717) is 18.4 Å². The Morgan fingerprint density at radius 1 is 1.27 bits per heavy atom. The van der Waals surface area contributed by atoms with Crippen molar-refractivity contribution in [3.63, 3.8) is 0 Å². The maximum atomic E-state index is 11.1. The number of hydrogen-bond donors (Lipinski definition) is 0. The molecule has 0 aliphatic carbocycles. The molecule has 0 unspecified atom stereocenters. The molecule has 0 saturated carbocycles. The molecule has 15 heavy (non-hydrogen) atoms. The fourth-order valence-corrected chi connectivity index (χ4v) is 0.702. The monoisotopic (exact) mass is 212 g/mol. The van der Waals surface area contributed by atoms with Crippen LogP contribution in [0.1, 0.15) is 19.8 Å². The zero-order valence-corrected chi connectivity index (χ0v) is 8.95. The molecule has 0 saturated heterocycles. The smallest absolute Gasteiger partial charge is 0.333 e. The minimum absolute atomic E-state index is 0.219. The fourth-order valence-electron chi connectivity index (χ4n) is 0.702. The van der Waals surface area contributed by atoms with E-state index in [2.05, 4.69) is 17.9 Å². The molecule has 0 aromatic rings. The van der Waals surface area contributed by atoms with Gasteiger partial charge in [-0.15, -0.1) is 0 Å². The van der Waals surface area contributed by atoms with Crippen LogP contribution in [0.5, 0.6) is 0 Å². The van der Waals surface area contributed by atoms with Crippen molar-refractivity contribution in [2.45, 2.75) is 19.8 Å². The Morgan fingerprint density at radius 2 is 1.87 bits per heavy atom. The van der Waals surface area contributed by atoms with Crippen LogP contribution in [0.2, 0.25) is 0 Å². The van der Waals surface area contributed by atoms with Crippen LogP contribution >= 0.6 is 0 Å². The van der Waals surface area contributed by atoms with Crippen LogP contribution in [0.25, 0.3) is 0 Å². The number of ether oxygens (including phenoxy) is 2. The highest BCUT2D eigenvalue weighted by Crippen LogP contribution is 1.99. The summed E-state index contributed by atoms with van der Waals surface area (Å²) >= 11 is 0. The van der Waals surface area contributed by atoms with Crippen LogP contribution in [0, 0.1) is 0 Å². The maximum absolute atomic E-state index is 11.1. The van der Waals surface area contributed by atoms with Crippen molar-refractivity contribution in [2.75, 3.05) is 13.2 Å². The second-order valence-corrected chi connectivity index (χ2v) is 2.82. The van der Waals surface area contributed by atoms with Crippen molar-refractivity contribution in [1.29, 1.82) is 0 Å². The highest BCUT2D eigenvalue weighted by Gasteiger charge is 2.05. The average Bonchev–Trinajstić information content (AvgIpc) is 2.26. The average molecular weight is 212 g/mol. The second kappa shape index (κ2) is 7.79. The molecular formula is C11H16O4. The standard InChI is InChI=1S/C11H16O4/c1-4-9(3)11(13)15-8-6-7-14-10(12)5-2/h5H,2-4,6-8H2,1H3. The van der Waals surface area contributed by atoms with Crippen LogP contribution in [-0.4, -0.2) is 25.2 Å². The molecule has 4 heteroatoms. The van der Waals surface area contributed by atoms with E-state index >= 15 is 0 Å². The lowest BCUT2D eigenvalue weighted by atomic mass is 10.2. The molecule has 4 nitrogen and oxygen atoms in total. The van der Waals surface area contributed by atoms with Crippen molar-refractivity contribution in [3.8, 4) is 0 Å². The molecule has 0 aromatic carbocycles. The zero-order valence-electron chi connectivity index (χ0n) is 8.95. The molecule has 0 radical (unpaired) electrons. The summed E-state index contributed by atoms with van der Waals surface area (Å²) in [6.07, 6.45) is 2.14. The summed E-state index contributed by atoms with van der Waals surface area (Å²) in [5.41, 5.74) is 0.443. The van der Waals surface area contributed by atoms with Crippen LogP contribution in [0.4, 0.5) is 0 Å². The Morgan fingerprint density at radius 3 is 2.40 bits per heavy atom. The van der Waals surface area contributed by atoms with E-state index in [4.69, 9.17) is 4.74 Å². The predicted molar refractivity (Wildman–Crippen MR) is 56.2 cm³/mol. The van der Waals surface area contributed by atoms with Crippen molar-refractivity contribution in [1.82, 2.24) is 0 Å². The minimum atomic E-state index is -0.473. The van der Waals surface area contributed by atoms with Gasteiger partial charge < -0.3 is 9.47 Å². The third-order valence-electron chi connectivity index (χ3n) is 1.65. The number of carbonyl (C=O) groups is 2. The Kier molecular flexibility index (Phi) is 6.97. The lowest BCUT2D eigenvalue weighted by Gasteiger charge is -2.05. The molecule has 0 rings (SSSR count). The molecule has 0 N–H and O–H groups in total. The minimum Gasteiger partial charge on any atom is -0.462 e. The number of hydrogen-bond acceptors (Lipinski definition) is 4. The van der Waals surface area contributed by atoms with Crippen LogP contribution in [0.15, 0.2) is 24.8 Å². The first-order chi connectivity index (χ1) is 7.11. The van der Waals surface area contributed by atoms with Crippen molar-refractivity contribution >= 4 is 11.9 Å². The van der Waals surface area contributed by atoms with E-state index in [1.807, 2.05) is 6.92 Å². The molecule has 0 aliphatic heterocycles. The van der Waals surface area contributed by atoms with Gasteiger partial charge in [0.1, 0.15) is 0 Å². The fraction of sp³-hybridized carbons (Fsp3) is 0.455. The Bertz CT molecular complexity index is 255. The van der Waals surface area contributed by atoms with E-state index in [9.17, 15) is 9.59 Å². The van der Waals surface area contributed by atoms with Gasteiger partial charge in [0.05, 0.1) is 13.2 Å². The molecular weight excluding hydrogens is 196 g/mol. The summed E-state index contributed by atoms with van der Waals surface area (Å²) in [6.45, 7) is 9.06. The van der Waals surface area contributed by atoms with Crippen LogP contribution in [0.3, 0.4) is 0 Å². The summed E-state index contributed by atoms with van der Waals surface area (Å²) in [5.74, 6) is -0.869. The first kappa shape index (κ1) is 13.4. The first-order valence-corrected chi connectivity index (χ1v) is 4.75. The van der Waals surface area contributed by atoms with Crippen LogP contribution in [-0.2, 0) is 19.1 Å². The summed E-state index contributed by atoms with van der Waals surface area (Å²) in [4.78, 5) is 21.7. The lowest BCUT2D eigenvalue weighted by Crippen LogP contribution is -2.10. The molecule has 0 aromatic heterocycles. The van der Waals surface area contributed by atoms with E-state index in [1.54, 1.807) is 0 Å². The summed E-state index contributed by atoms with van der Waals surface area (Å²) in [5, 5.41) is 0. The summed E-state index contributed by atoms with van der Waals surface area (Å²) in [6, 6.07) is 0. The van der Waals surface area contributed by atoms with Gasteiger partial charge in [-0.25, -0.2) is 9.59 Å². The quantitative estimate of drug-likeness (QED) is 0.365. The van der Waals surface area contributed by atoms with Gasteiger partial charge in [-0.05, 0) is 6.42 Å². The molecule has 0 bridgehead atoms. The zero-order chi connectivity index (χ0) is 11.7. The molecule has 84 valence electrons. The highest BCUT2D eigenvalue weighted by atomic mass is 16.5. The van der Waals surface area contributed by atoms with Gasteiger partial charge in [0.25, 0.3) is 0 Å². The van der Waals surface area contributed by atoms with Crippen LogP contribution < -0.4 is 0 Å². The normalized spacial score (nSPS) is 9.13. The molecule has 0 spiro atoms. The maximum Gasteiger partial charge on any atom is 0.333 e. The van der Waals surface area contributed by atoms with Gasteiger partial charge in [-0.1, -0.05) is 20.1 Å². The van der Waals surface area contributed by atoms with Gasteiger partial charge in [0.2, 0.25) is 0 Å². The first-order valence-electron chi connectivity index (χ1n) is 4.75. The van der Waals surface area contributed by atoms with E-state index in [0.717, 1.165) is 6.08 Å². The third kappa shape index (κ3) is 6.49. The van der Waals surface area contributed by atoms with E-state index in [-0.39, 0.29) is 13.2 Å². The van der Waals surface area contributed by atoms with Gasteiger partial charge in [0, 0.05) is 18.1 Å². The van der Waals surface area contributed by atoms with Crippen molar-refractivity contribution < 1.29 is 19.1 Å². The lowest BCUT2D eigenvalue weighted by molar-refractivity contribution is -0.140. The molecule has 0 amide bonds. The summed E-state index contributed by atoms with van der Waals surface area (Å²) < 4.78 is 9.54. The summed E-state index contributed by atoms with van der Waals surface area (Å²) in [7, 11) is 0. The predicted octanol–water partition coefficient (Wildman–Crippen LogP) is 1.62. The van der Waals surface area contributed by atoms with Gasteiger partial charge >= 0.3 is 11.9 Å². The van der Waals surface area contributed by atoms with E-state index < -0.39 is 11.9 Å². The topological polar surface area (TPSA) is 52.6 Å². The molecule has 0 aliphatic rings. The van der Waals surface area contributed by atoms with Crippen molar-refractivity contribution in [2.24, 2.45) is 0 Å². The Labute approximate surface area is 89.6 Å². The second-order valence-electron chi connectivity index (χ2n) is 2.82. The van der Waals surface area contributed by atoms with Gasteiger partial charge in [-0.2, -0.15) is 0 Å². The Hall–Kier alpha value is -1.58. The molecule has 0 fully saturated rings. The highest BCUT2D eigenvalue weighted by molar-refractivity contribution is 5.87. The molecule has 0 atom stereocenters. The SMILES string of the molecule is C=CC(=O)OCCCOC(=O)C(=C)CC. The van der Waals surface area contributed by atoms with Gasteiger partial charge in [0.15, 0.2) is 0 Å².